The van der Waals surface area contributed by atoms with Gasteiger partial charge in [-0.25, -0.2) is 9.37 Å². The number of ether oxygens (including phenoxy) is 2. The normalized spacial score (nSPS) is 12.0. The van der Waals surface area contributed by atoms with Crippen LogP contribution in [0.3, 0.4) is 0 Å². The molecular weight excluding hydrogens is 453 g/mol. The van der Waals surface area contributed by atoms with Crippen molar-refractivity contribution < 1.29 is 19.0 Å². The monoisotopic (exact) mass is 475 g/mol. The van der Waals surface area contributed by atoms with Crippen molar-refractivity contribution in [2.24, 2.45) is 0 Å². The first kappa shape index (κ1) is 22.3. The summed E-state index contributed by atoms with van der Waals surface area (Å²) in [6.07, 6.45) is 2.19. The zero-order chi connectivity index (χ0) is 23.7. The molecule has 6 nitrogen and oxygen atoms in total. The minimum atomic E-state index is -0.267. The molecule has 4 aromatic rings. The van der Waals surface area contributed by atoms with Gasteiger partial charge in [0.1, 0.15) is 16.6 Å². The second-order valence-electron chi connectivity index (χ2n) is 7.86. The lowest BCUT2D eigenvalue weighted by Crippen LogP contribution is -2.13. The van der Waals surface area contributed by atoms with Crippen molar-refractivity contribution in [2.45, 2.75) is 30.7 Å². The average molecular weight is 476 g/mol. The molecule has 0 unspecified atom stereocenters. The standard InChI is InChI=1S/C26H22FN3O3S/c1-15-23-20(17(13-31)12-28-15)11-21-25(33-23)29-24(19-5-3-4-6-22(19)32-2)30-26(21)34-14-16-7-9-18(27)10-8-16/h3-10,12,31H,11,13-14H2,1-2H3. The second-order valence-corrected chi connectivity index (χ2v) is 8.83. The Labute approximate surface area is 200 Å². The molecule has 172 valence electrons. The van der Waals surface area contributed by atoms with Gasteiger partial charge in [0.15, 0.2) is 11.6 Å². The summed E-state index contributed by atoms with van der Waals surface area (Å²) in [5.41, 5.74) is 4.92. The highest BCUT2D eigenvalue weighted by atomic mass is 32.2. The number of methoxy groups -OCH3 is 1. The van der Waals surface area contributed by atoms with Crippen molar-refractivity contribution >= 4 is 11.8 Å². The molecule has 0 atom stereocenters. The Hall–Kier alpha value is -3.49. The van der Waals surface area contributed by atoms with Crippen molar-refractivity contribution in [1.29, 1.82) is 0 Å². The van der Waals surface area contributed by atoms with Crippen LogP contribution in [0.1, 0.15) is 27.9 Å². The number of aliphatic hydroxyl groups is 1. The molecule has 2 aromatic carbocycles. The maximum Gasteiger partial charge on any atom is 0.227 e. The number of fused-ring (bicyclic) bond motifs is 2. The van der Waals surface area contributed by atoms with Crippen LogP contribution < -0.4 is 9.47 Å². The Morgan fingerprint density at radius 3 is 2.65 bits per heavy atom. The van der Waals surface area contributed by atoms with E-state index in [1.54, 1.807) is 25.4 Å². The average Bonchev–Trinajstić information content (AvgIpc) is 2.87. The molecule has 0 saturated carbocycles. The Morgan fingerprint density at radius 1 is 1.09 bits per heavy atom. The molecule has 3 heterocycles. The van der Waals surface area contributed by atoms with E-state index in [1.807, 2.05) is 31.2 Å². The number of hydrogen-bond donors (Lipinski definition) is 1. The molecule has 0 bridgehead atoms. The Morgan fingerprint density at radius 2 is 1.88 bits per heavy atom. The van der Waals surface area contributed by atoms with E-state index in [1.165, 1.54) is 23.9 Å². The molecule has 0 amide bonds. The van der Waals surface area contributed by atoms with Gasteiger partial charge in [-0.1, -0.05) is 24.3 Å². The van der Waals surface area contributed by atoms with E-state index in [0.717, 1.165) is 38.5 Å². The van der Waals surface area contributed by atoms with E-state index >= 15 is 0 Å². The number of aromatic nitrogens is 3. The minimum Gasteiger partial charge on any atom is -0.496 e. The van der Waals surface area contributed by atoms with Gasteiger partial charge < -0.3 is 14.6 Å². The van der Waals surface area contributed by atoms with E-state index in [9.17, 15) is 9.50 Å². The quantitative estimate of drug-likeness (QED) is 0.258. The van der Waals surface area contributed by atoms with Gasteiger partial charge in [0.05, 0.1) is 30.5 Å². The Kier molecular flexibility index (Phi) is 6.17. The van der Waals surface area contributed by atoms with Gasteiger partial charge in [0.25, 0.3) is 0 Å². The number of nitrogens with zero attached hydrogens (tertiary/aromatic N) is 3. The number of benzene rings is 2. The van der Waals surface area contributed by atoms with Crippen LogP contribution in [-0.4, -0.2) is 27.2 Å². The van der Waals surface area contributed by atoms with Crippen molar-refractivity contribution in [1.82, 2.24) is 15.0 Å². The Balaban J connectivity index is 1.61. The summed E-state index contributed by atoms with van der Waals surface area (Å²) in [6, 6.07) is 14.0. The number of aliphatic hydroxyl groups excluding tert-OH is 1. The van der Waals surface area contributed by atoms with Gasteiger partial charge in [-0.2, -0.15) is 4.98 Å². The van der Waals surface area contributed by atoms with Gasteiger partial charge in [0.2, 0.25) is 5.88 Å². The number of thioether (sulfide) groups is 1. The predicted octanol–water partition coefficient (Wildman–Crippen LogP) is 5.48. The molecule has 5 rings (SSSR count). The van der Waals surface area contributed by atoms with Crippen LogP contribution in [0.15, 0.2) is 59.8 Å². The third-order valence-electron chi connectivity index (χ3n) is 5.69. The van der Waals surface area contributed by atoms with Crippen molar-refractivity contribution in [3.05, 3.63) is 88.5 Å². The van der Waals surface area contributed by atoms with Crippen molar-refractivity contribution in [3.63, 3.8) is 0 Å². The lowest BCUT2D eigenvalue weighted by atomic mass is 9.99. The third-order valence-corrected chi connectivity index (χ3v) is 6.78. The maximum atomic E-state index is 13.4. The van der Waals surface area contributed by atoms with Gasteiger partial charge in [-0.15, -0.1) is 11.8 Å². The molecule has 0 saturated heterocycles. The number of rotatable bonds is 6. The molecule has 1 aliphatic rings. The molecular formula is C26H22FN3O3S. The van der Waals surface area contributed by atoms with Crippen LogP contribution in [0, 0.1) is 12.7 Å². The molecule has 34 heavy (non-hydrogen) atoms. The first-order valence-electron chi connectivity index (χ1n) is 10.7. The zero-order valence-corrected chi connectivity index (χ0v) is 19.5. The second kappa shape index (κ2) is 9.40. The fraction of sp³-hybridized carbons (Fsp3) is 0.192. The van der Waals surface area contributed by atoms with Crippen LogP contribution in [-0.2, 0) is 18.8 Å². The van der Waals surface area contributed by atoms with E-state index in [4.69, 9.17) is 19.4 Å². The zero-order valence-electron chi connectivity index (χ0n) is 18.7. The molecule has 1 N–H and O–H groups in total. The van der Waals surface area contributed by atoms with E-state index in [2.05, 4.69) is 4.98 Å². The lowest BCUT2D eigenvalue weighted by molar-refractivity contribution is 0.278. The fourth-order valence-corrected chi connectivity index (χ4v) is 4.88. The number of para-hydroxylation sites is 1. The smallest absolute Gasteiger partial charge is 0.227 e. The SMILES string of the molecule is COc1ccccc1-c1nc2c(c(SCc3ccc(F)cc3)n1)Cc1c(CO)cnc(C)c1O2. The van der Waals surface area contributed by atoms with Gasteiger partial charge in [0, 0.05) is 29.5 Å². The van der Waals surface area contributed by atoms with Gasteiger partial charge in [-0.05, 0) is 36.8 Å². The molecule has 8 heteroatoms. The third kappa shape index (κ3) is 4.22. The van der Waals surface area contributed by atoms with Crippen LogP contribution in [0.4, 0.5) is 4.39 Å². The fourth-order valence-electron chi connectivity index (χ4n) is 3.90. The van der Waals surface area contributed by atoms with Gasteiger partial charge in [-0.3, -0.25) is 4.98 Å². The van der Waals surface area contributed by atoms with Crippen molar-refractivity contribution in [2.75, 3.05) is 7.11 Å². The van der Waals surface area contributed by atoms with E-state index in [-0.39, 0.29) is 12.4 Å². The van der Waals surface area contributed by atoms with Crippen LogP contribution in [0.25, 0.3) is 11.4 Å². The largest absolute Gasteiger partial charge is 0.496 e. The first-order chi connectivity index (χ1) is 16.6. The molecule has 0 aliphatic carbocycles. The Bertz CT molecular complexity index is 1360. The summed E-state index contributed by atoms with van der Waals surface area (Å²) in [6.45, 7) is 1.74. The predicted molar refractivity (Wildman–Crippen MR) is 128 cm³/mol. The summed E-state index contributed by atoms with van der Waals surface area (Å²) >= 11 is 1.54. The molecule has 2 aromatic heterocycles. The minimum absolute atomic E-state index is 0.132. The highest BCUT2D eigenvalue weighted by Crippen LogP contribution is 2.43. The van der Waals surface area contributed by atoms with Crippen LogP contribution >= 0.6 is 11.8 Å². The number of halogens is 1. The number of hydrogen-bond acceptors (Lipinski definition) is 7. The first-order valence-corrected chi connectivity index (χ1v) is 11.7. The van der Waals surface area contributed by atoms with E-state index in [0.29, 0.717) is 35.4 Å². The number of pyridine rings is 1. The highest BCUT2D eigenvalue weighted by Gasteiger charge is 2.28. The summed E-state index contributed by atoms with van der Waals surface area (Å²) < 4.78 is 25.1. The molecule has 0 radical (unpaired) electrons. The van der Waals surface area contributed by atoms with E-state index < -0.39 is 0 Å². The summed E-state index contributed by atoms with van der Waals surface area (Å²) in [4.78, 5) is 14.0. The number of aryl methyl sites for hydroxylation is 1. The van der Waals surface area contributed by atoms with Crippen molar-refractivity contribution in [3.8, 4) is 28.8 Å². The molecule has 0 spiro atoms. The lowest BCUT2D eigenvalue weighted by Gasteiger charge is -2.24. The molecule has 0 fully saturated rings. The van der Waals surface area contributed by atoms with Crippen LogP contribution in [0.2, 0.25) is 0 Å². The molecule has 1 aliphatic heterocycles. The summed E-state index contributed by atoms with van der Waals surface area (Å²) in [7, 11) is 1.61. The maximum absolute atomic E-state index is 13.4. The summed E-state index contributed by atoms with van der Waals surface area (Å²) in [5.74, 6) is 2.57. The topological polar surface area (TPSA) is 77.4 Å². The summed E-state index contributed by atoms with van der Waals surface area (Å²) in [5, 5.41) is 10.6. The highest BCUT2D eigenvalue weighted by molar-refractivity contribution is 7.98. The van der Waals surface area contributed by atoms with Gasteiger partial charge >= 0.3 is 0 Å². The van der Waals surface area contributed by atoms with Crippen LogP contribution in [0.5, 0.6) is 17.4 Å².